The van der Waals surface area contributed by atoms with Gasteiger partial charge in [-0.1, -0.05) is 12.1 Å². The van der Waals surface area contributed by atoms with Crippen molar-refractivity contribution in [1.29, 1.82) is 0 Å². The fourth-order valence-electron chi connectivity index (χ4n) is 3.44. The second kappa shape index (κ2) is 5.09. The molecule has 0 spiro atoms. The van der Waals surface area contributed by atoms with E-state index in [1.165, 1.54) is 17.7 Å². The number of aryl methyl sites for hydroxylation is 2. The molecule has 1 aliphatic carbocycles. The number of aromatic nitrogens is 4. The van der Waals surface area contributed by atoms with Gasteiger partial charge in [0.2, 0.25) is 0 Å². The Labute approximate surface area is 129 Å². The van der Waals surface area contributed by atoms with Crippen molar-refractivity contribution in [2.45, 2.75) is 32.2 Å². The zero-order valence-electron chi connectivity index (χ0n) is 12.9. The van der Waals surface area contributed by atoms with Crippen LogP contribution in [0.2, 0.25) is 0 Å². The third-order valence-electron chi connectivity index (χ3n) is 4.42. The first-order chi connectivity index (χ1) is 10.7. The molecule has 0 saturated heterocycles. The van der Waals surface area contributed by atoms with Crippen molar-refractivity contribution in [2.75, 3.05) is 5.32 Å². The summed E-state index contributed by atoms with van der Waals surface area (Å²) in [4.78, 5) is 9.16. The lowest BCUT2D eigenvalue weighted by Gasteiger charge is -2.25. The van der Waals surface area contributed by atoms with E-state index in [2.05, 4.69) is 27.3 Å². The molecule has 3 aromatic rings. The van der Waals surface area contributed by atoms with Gasteiger partial charge in [0.1, 0.15) is 5.82 Å². The van der Waals surface area contributed by atoms with Gasteiger partial charge in [-0.05, 0) is 38.3 Å². The lowest BCUT2D eigenvalue weighted by atomic mass is 9.91. The highest BCUT2D eigenvalue weighted by Crippen LogP contribution is 2.34. The number of nitrogens with zero attached hydrogens (tertiary/aromatic N) is 4. The number of fused-ring (bicyclic) bond motifs is 2. The first kappa shape index (κ1) is 13.2. The van der Waals surface area contributed by atoms with Crippen molar-refractivity contribution < 1.29 is 0 Å². The van der Waals surface area contributed by atoms with E-state index in [1.54, 1.807) is 0 Å². The Balaban J connectivity index is 1.69. The second-order valence-electron chi connectivity index (χ2n) is 5.90. The van der Waals surface area contributed by atoms with Crippen LogP contribution >= 0.6 is 0 Å². The van der Waals surface area contributed by atoms with E-state index in [0.717, 1.165) is 35.4 Å². The summed E-state index contributed by atoms with van der Waals surface area (Å²) in [6, 6.07) is 8.22. The maximum atomic E-state index is 4.68. The van der Waals surface area contributed by atoms with Crippen LogP contribution in [0.15, 0.2) is 30.5 Å². The molecule has 112 valence electrons. The second-order valence-corrected chi connectivity index (χ2v) is 5.90. The van der Waals surface area contributed by atoms with Crippen LogP contribution in [0.4, 0.5) is 5.82 Å². The zero-order chi connectivity index (χ0) is 15.1. The molecule has 0 fully saturated rings. The van der Waals surface area contributed by atoms with Gasteiger partial charge in [0.15, 0.2) is 0 Å². The molecule has 2 heterocycles. The average molecular weight is 293 g/mol. The molecule has 0 saturated carbocycles. The van der Waals surface area contributed by atoms with Crippen molar-refractivity contribution in [1.82, 2.24) is 19.7 Å². The Morgan fingerprint density at radius 3 is 2.91 bits per heavy atom. The Bertz CT molecular complexity index is 836. The molecular formula is C17H19N5. The van der Waals surface area contributed by atoms with E-state index in [9.17, 15) is 0 Å². The molecule has 4 rings (SSSR count). The highest BCUT2D eigenvalue weighted by molar-refractivity contribution is 5.75. The van der Waals surface area contributed by atoms with Gasteiger partial charge in [0.05, 0.1) is 29.0 Å². The number of benzene rings is 1. The Hall–Kier alpha value is -2.43. The largest absolute Gasteiger partial charge is 0.362 e. The summed E-state index contributed by atoms with van der Waals surface area (Å²) >= 11 is 0. The predicted octanol–water partition coefficient (Wildman–Crippen LogP) is 3.16. The molecule has 1 atom stereocenters. The molecule has 1 aromatic carbocycles. The van der Waals surface area contributed by atoms with Crippen LogP contribution in [0.1, 0.15) is 35.8 Å². The van der Waals surface area contributed by atoms with Crippen LogP contribution in [0, 0.1) is 6.92 Å². The first-order valence-electron chi connectivity index (χ1n) is 7.73. The van der Waals surface area contributed by atoms with Gasteiger partial charge >= 0.3 is 0 Å². The number of anilines is 1. The molecule has 0 amide bonds. The summed E-state index contributed by atoms with van der Waals surface area (Å²) in [6.07, 6.45) is 5.20. The van der Waals surface area contributed by atoms with Crippen LogP contribution in [-0.4, -0.2) is 19.7 Å². The minimum Gasteiger partial charge on any atom is -0.362 e. The van der Waals surface area contributed by atoms with Gasteiger partial charge in [-0.15, -0.1) is 0 Å². The highest BCUT2D eigenvalue weighted by Gasteiger charge is 2.26. The number of rotatable bonds is 2. The SMILES string of the molecule is Cc1nn(C)c2c1C(Nc1cnc3ccccc3n1)CCC2. The van der Waals surface area contributed by atoms with E-state index in [4.69, 9.17) is 0 Å². The topological polar surface area (TPSA) is 55.6 Å². The van der Waals surface area contributed by atoms with Gasteiger partial charge in [-0.25, -0.2) is 4.98 Å². The summed E-state index contributed by atoms with van der Waals surface area (Å²) in [5.41, 5.74) is 5.64. The minimum atomic E-state index is 0.271. The summed E-state index contributed by atoms with van der Waals surface area (Å²) < 4.78 is 2.02. The molecule has 0 bridgehead atoms. The molecule has 2 aromatic heterocycles. The standard InChI is InChI=1S/C17H19N5/c1-11-17-14(8-5-9-15(17)22(2)21-11)20-16-10-18-12-6-3-4-7-13(12)19-16/h3-4,6-7,10,14H,5,8-9H2,1-2H3,(H,19,20). The maximum absolute atomic E-state index is 4.68. The zero-order valence-corrected chi connectivity index (χ0v) is 12.9. The van der Waals surface area contributed by atoms with E-state index < -0.39 is 0 Å². The van der Waals surface area contributed by atoms with Gasteiger partial charge < -0.3 is 5.32 Å². The van der Waals surface area contributed by atoms with Crippen LogP contribution in [0.3, 0.4) is 0 Å². The highest BCUT2D eigenvalue weighted by atomic mass is 15.3. The van der Waals surface area contributed by atoms with Crippen molar-refractivity contribution in [2.24, 2.45) is 7.05 Å². The molecule has 0 aliphatic heterocycles. The molecule has 5 heteroatoms. The fraction of sp³-hybridized carbons (Fsp3) is 0.353. The van der Waals surface area contributed by atoms with Crippen LogP contribution in [0.5, 0.6) is 0 Å². The normalized spacial score (nSPS) is 17.5. The van der Waals surface area contributed by atoms with Gasteiger partial charge in [-0.3, -0.25) is 9.67 Å². The van der Waals surface area contributed by atoms with Crippen LogP contribution in [0.25, 0.3) is 11.0 Å². The van der Waals surface area contributed by atoms with Crippen LogP contribution in [-0.2, 0) is 13.5 Å². The van der Waals surface area contributed by atoms with Gasteiger partial charge in [0, 0.05) is 18.3 Å². The van der Waals surface area contributed by atoms with Gasteiger partial charge in [0.25, 0.3) is 0 Å². The quantitative estimate of drug-likeness (QED) is 0.788. The lowest BCUT2D eigenvalue weighted by molar-refractivity contribution is 0.570. The summed E-state index contributed by atoms with van der Waals surface area (Å²) in [7, 11) is 2.03. The lowest BCUT2D eigenvalue weighted by Crippen LogP contribution is -2.19. The Morgan fingerprint density at radius 2 is 2.05 bits per heavy atom. The molecule has 22 heavy (non-hydrogen) atoms. The maximum Gasteiger partial charge on any atom is 0.145 e. The Kier molecular flexibility index (Phi) is 3.06. The molecular weight excluding hydrogens is 274 g/mol. The molecule has 1 aliphatic rings. The summed E-state index contributed by atoms with van der Waals surface area (Å²) in [5, 5.41) is 8.13. The van der Waals surface area contributed by atoms with E-state index in [1.807, 2.05) is 42.2 Å². The average Bonchev–Trinajstić information content (AvgIpc) is 2.83. The third kappa shape index (κ3) is 2.13. The van der Waals surface area contributed by atoms with Gasteiger partial charge in [-0.2, -0.15) is 5.10 Å². The summed E-state index contributed by atoms with van der Waals surface area (Å²) in [5.74, 6) is 0.833. The van der Waals surface area contributed by atoms with E-state index in [-0.39, 0.29) is 6.04 Å². The smallest absolute Gasteiger partial charge is 0.145 e. The molecule has 1 unspecified atom stereocenters. The van der Waals surface area contributed by atoms with Crippen LogP contribution < -0.4 is 5.32 Å². The number of hydrogen-bond donors (Lipinski definition) is 1. The summed E-state index contributed by atoms with van der Waals surface area (Å²) in [6.45, 7) is 2.09. The monoisotopic (exact) mass is 293 g/mol. The van der Waals surface area contributed by atoms with E-state index >= 15 is 0 Å². The van der Waals surface area contributed by atoms with Crippen molar-refractivity contribution in [3.05, 3.63) is 47.4 Å². The first-order valence-corrected chi connectivity index (χ1v) is 7.73. The van der Waals surface area contributed by atoms with E-state index in [0.29, 0.717) is 0 Å². The predicted molar refractivity (Wildman–Crippen MR) is 86.8 cm³/mol. The Morgan fingerprint density at radius 1 is 1.23 bits per heavy atom. The van der Waals surface area contributed by atoms with Crippen molar-refractivity contribution in [3.8, 4) is 0 Å². The number of nitrogens with one attached hydrogen (secondary N) is 1. The van der Waals surface area contributed by atoms with Crippen molar-refractivity contribution >= 4 is 16.9 Å². The molecule has 1 N–H and O–H groups in total. The van der Waals surface area contributed by atoms with Crippen molar-refractivity contribution in [3.63, 3.8) is 0 Å². The number of hydrogen-bond acceptors (Lipinski definition) is 4. The third-order valence-corrected chi connectivity index (χ3v) is 4.42. The molecule has 0 radical (unpaired) electrons. The minimum absolute atomic E-state index is 0.271. The fourth-order valence-corrected chi connectivity index (χ4v) is 3.44. The number of para-hydroxylation sites is 2. The molecule has 5 nitrogen and oxygen atoms in total.